The molecule has 0 aromatic heterocycles. The summed E-state index contributed by atoms with van der Waals surface area (Å²) in [5, 5.41) is 1.47. The van der Waals surface area contributed by atoms with E-state index in [1.165, 1.54) is 5.19 Å². The van der Waals surface area contributed by atoms with Gasteiger partial charge in [0, 0.05) is 0 Å². The van der Waals surface area contributed by atoms with Crippen molar-refractivity contribution in [3.05, 3.63) is 30.3 Å². The van der Waals surface area contributed by atoms with E-state index in [-0.39, 0.29) is 9.84 Å². The van der Waals surface area contributed by atoms with E-state index < -0.39 is 8.40 Å². The van der Waals surface area contributed by atoms with Crippen LogP contribution in [0, 0.1) is 0 Å². The molecule has 1 aliphatic heterocycles. The van der Waals surface area contributed by atoms with Crippen LogP contribution in [0.1, 0.15) is 0 Å². The number of hydrogen-bond acceptors (Lipinski definition) is 2. The highest BCUT2D eigenvalue weighted by atomic mass is 28.4. The fraction of sp³-hybridized carbons (Fsp3) is 0.143. The van der Waals surface area contributed by atoms with Gasteiger partial charge in [-0.05, 0) is 11.7 Å². The van der Waals surface area contributed by atoms with Gasteiger partial charge >= 0.3 is 0 Å². The van der Waals surface area contributed by atoms with Gasteiger partial charge in [-0.25, -0.2) is 0 Å². The summed E-state index contributed by atoms with van der Waals surface area (Å²) in [6.45, 7) is 2.32. The van der Waals surface area contributed by atoms with Crippen LogP contribution in [0.5, 0.6) is 0 Å². The van der Waals surface area contributed by atoms with Gasteiger partial charge in [0.15, 0.2) is 9.84 Å². The second-order valence-electron chi connectivity index (χ2n) is 3.02. The van der Waals surface area contributed by atoms with Crippen molar-refractivity contribution in [3.8, 4) is 0 Å². The second kappa shape index (κ2) is 2.56. The average molecular weight is 180 g/mol. The minimum absolute atomic E-state index is 0.0813. The lowest BCUT2D eigenvalue weighted by atomic mass is 10.4. The van der Waals surface area contributed by atoms with Crippen LogP contribution in [0.3, 0.4) is 0 Å². The zero-order chi connectivity index (χ0) is 7.73. The molecule has 0 radical (unpaired) electrons. The molecule has 0 amide bonds. The van der Waals surface area contributed by atoms with Gasteiger partial charge in [-0.2, -0.15) is 0 Å². The number of benzene rings is 1. The van der Waals surface area contributed by atoms with Crippen molar-refractivity contribution in [2.75, 3.05) is 0 Å². The zero-order valence-corrected chi connectivity index (χ0v) is 9.01. The number of rotatable bonds is 1. The maximum absolute atomic E-state index is 3.60. The third-order valence-corrected chi connectivity index (χ3v) is 10.8. The van der Waals surface area contributed by atoms with Crippen LogP contribution in [-0.4, -0.2) is 18.2 Å². The van der Waals surface area contributed by atoms with Crippen molar-refractivity contribution >= 4 is 23.4 Å². The lowest BCUT2D eigenvalue weighted by Crippen LogP contribution is -2.82. The summed E-state index contributed by atoms with van der Waals surface area (Å²) in [5.74, 6) is 0. The molecule has 2 nitrogen and oxygen atoms in total. The van der Waals surface area contributed by atoms with E-state index in [0.29, 0.717) is 0 Å². The van der Waals surface area contributed by atoms with Crippen LogP contribution >= 0.6 is 0 Å². The summed E-state index contributed by atoms with van der Waals surface area (Å²) in [4.78, 5) is 0. The van der Waals surface area contributed by atoms with E-state index in [2.05, 4.69) is 46.2 Å². The first-order valence-corrected chi connectivity index (χ1v) is 7.78. The van der Waals surface area contributed by atoms with Gasteiger partial charge in [-0.1, -0.05) is 30.3 Å². The van der Waals surface area contributed by atoms with Gasteiger partial charge in [-0.15, -0.1) is 0 Å². The van der Waals surface area contributed by atoms with Crippen LogP contribution in [0.25, 0.3) is 0 Å². The minimum Gasteiger partial charge on any atom is -0.338 e. The van der Waals surface area contributed by atoms with Gasteiger partial charge in [0.2, 0.25) is 8.40 Å². The van der Waals surface area contributed by atoms with Crippen molar-refractivity contribution in [2.24, 2.45) is 0 Å². The molecule has 0 bridgehead atoms. The van der Waals surface area contributed by atoms with Crippen LogP contribution in [0.2, 0.25) is 6.55 Å². The van der Waals surface area contributed by atoms with Crippen molar-refractivity contribution in [1.29, 1.82) is 0 Å². The fourth-order valence-corrected chi connectivity index (χ4v) is 6.65. The summed E-state index contributed by atoms with van der Waals surface area (Å²) in [5.41, 5.74) is 0. The molecule has 0 aliphatic carbocycles. The second-order valence-corrected chi connectivity index (χ2v) is 9.03. The maximum Gasteiger partial charge on any atom is 0.219 e. The molecular formula is C7H12N2Si2. The average Bonchev–Trinajstić information content (AvgIpc) is 2.02. The first-order chi connectivity index (χ1) is 5.31. The summed E-state index contributed by atoms with van der Waals surface area (Å²) in [7, 11) is -1.39. The van der Waals surface area contributed by atoms with Gasteiger partial charge in [0.1, 0.15) is 0 Å². The lowest BCUT2D eigenvalue weighted by molar-refractivity contribution is 1.16. The molecule has 1 aliphatic rings. The zero-order valence-electron chi connectivity index (χ0n) is 6.59. The van der Waals surface area contributed by atoms with Crippen molar-refractivity contribution < 1.29 is 0 Å². The molecular weight excluding hydrogens is 168 g/mol. The molecule has 0 unspecified atom stereocenters. The third kappa shape index (κ3) is 1.18. The molecule has 1 heterocycles. The largest absolute Gasteiger partial charge is 0.338 e. The predicted octanol–water partition coefficient (Wildman–Crippen LogP) is -0.843. The van der Waals surface area contributed by atoms with Crippen LogP contribution < -0.4 is 14.5 Å². The lowest BCUT2D eigenvalue weighted by Gasteiger charge is -2.39. The molecule has 2 rings (SSSR count). The Labute approximate surface area is 70.2 Å². The van der Waals surface area contributed by atoms with E-state index in [4.69, 9.17) is 0 Å². The smallest absolute Gasteiger partial charge is 0.219 e. The molecule has 58 valence electrons. The van der Waals surface area contributed by atoms with E-state index in [9.17, 15) is 0 Å². The standard InChI is InChI=1S/C7H12N2Si2/c1-11(8-10-9-11)7-5-3-2-4-6-7/h2-6,8-9H,10H2,1H3. The monoisotopic (exact) mass is 180 g/mol. The quantitative estimate of drug-likeness (QED) is 0.551. The Morgan fingerprint density at radius 3 is 2.27 bits per heavy atom. The van der Waals surface area contributed by atoms with Crippen LogP contribution in [-0.2, 0) is 0 Å². The molecule has 1 fully saturated rings. The summed E-state index contributed by atoms with van der Waals surface area (Å²) < 4.78 is 7.21. The summed E-state index contributed by atoms with van der Waals surface area (Å²) >= 11 is 0. The molecule has 1 saturated heterocycles. The summed E-state index contributed by atoms with van der Waals surface area (Å²) in [6.07, 6.45) is 0. The normalized spacial score (nSPS) is 31.7. The Balaban J connectivity index is 2.29. The highest BCUT2D eigenvalue weighted by Gasteiger charge is 2.35. The highest BCUT2D eigenvalue weighted by molar-refractivity contribution is 7.00. The molecule has 1 aromatic rings. The molecule has 4 heteroatoms. The van der Waals surface area contributed by atoms with Crippen molar-refractivity contribution in [3.63, 3.8) is 0 Å². The Hall–Kier alpha value is -0.426. The van der Waals surface area contributed by atoms with E-state index in [1.54, 1.807) is 0 Å². The summed E-state index contributed by atoms with van der Waals surface area (Å²) in [6, 6.07) is 10.7. The first-order valence-electron chi connectivity index (χ1n) is 3.87. The molecule has 2 N–H and O–H groups in total. The Morgan fingerprint density at radius 2 is 1.82 bits per heavy atom. The van der Waals surface area contributed by atoms with Gasteiger partial charge in [-0.3, -0.25) is 0 Å². The van der Waals surface area contributed by atoms with E-state index in [0.717, 1.165) is 0 Å². The third-order valence-electron chi connectivity index (χ3n) is 2.24. The Kier molecular flexibility index (Phi) is 1.69. The topological polar surface area (TPSA) is 24.1 Å². The van der Waals surface area contributed by atoms with E-state index >= 15 is 0 Å². The van der Waals surface area contributed by atoms with Crippen LogP contribution in [0.15, 0.2) is 30.3 Å². The number of hydrogen-bond donors (Lipinski definition) is 2. The minimum atomic E-state index is -1.31. The molecule has 1 aromatic carbocycles. The van der Waals surface area contributed by atoms with E-state index in [1.807, 2.05) is 0 Å². The van der Waals surface area contributed by atoms with Gasteiger partial charge in [0.25, 0.3) is 0 Å². The highest BCUT2D eigenvalue weighted by Crippen LogP contribution is 1.98. The predicted molar refractivity (Wildman–Crippen MR) is 52.5 cm³/mol. The SMILES string of the molecule is C[Si]1(c2ccccc2)N[SiH2]N1. The molecule has 0 spiro atoms. The first kappa shape index (κ1) is 7.24. The molecule has 11 heavy (non-hydrogen) atoms. The fourth-order valence-electron chi connectivity index (χ4n) is 1.33. The van der Waals surface area contributed by atoms with Crippen molar-refractivity contribution in [2.45, 2.75) is 6.55 Å². The Bertz CT molecular complexity index is 246. The molecule has 0 atom stereocenters. The maximum atomic E-state index is 3.60. The van der Waals surface area contributed by atoms with Crippen molar-refractivity contribution in [1.82, 2.24) is 9.30 Å². The Morgan fingerprint density at radius 1 is 1.18 bits per heavy atom. The van der Waals surface area contributed by atoms with Crippen LogP contribution in [0.4, 0.5) is 0 Å². The number of nitrogens with one attached hydrogen (secondary N) is 2. The molecule has 0 saturated carbocycles. The van der Waals surface area contributed by atoms with Gasteiger partial charge in [0.05, 0.1) is 0 Å². The van der Waals surface area contributed by atoms with Gasteiger partial charge < -0.3 is 9.30 Å².